The summed E-state index contributed by atoms with van der Waals surface area (Å²) in [5, 5.41) is 0. The predicted octanol–water partition coefficient (Wildman–Crippen LogP) is 1.37. The highest BCUT2D eigenvalue weighted by atomic mass is 16.1. The third-order valence-corrected chi connectivity index (χ3v) is 3.88. The van der Waals surface area contributed by atoms with Crippen molar-refractivity contribution in [3.63, 3.8) is 0 Å². The van der Waals surface area contributed by atoms with Gasteiger partial charge in [-0.1, -0.05) is 20.8 Å². The number of carbonyl (C=O) groups is 1. The van der Waals surface area contributed by atoms with Crippen molar-refractivity contribution in [2.24, 2.45) is 16.6 Å². The Kier molecular flexibility index (Phi) is 2.34. The van der Waals surface area contributed by atoms with Gasteiger partial charge < -0.3 is 5.73 Å². The van der Waals surface area contributed by atoms with E-state index in [1.165, 1.54) is 19.3 Å². The zero-order valence-corrected chi connectivity index (χ0v) is 10.0. The van der Waals surface area contributed by atoms with Crippen LogP contribution in [-0.4, -0.2) is 29.9 Å². The van der Waals surface area contributed by atoms with Crippen LogP contribution >= 0.6 is 0 Å². The molecule has 0 aromatic rings. The molecule has 1 saturated carbocycles. The monoisotopic (exact) mass is 210 g/mol. The lowest BCUT2D eigenvalue weighted by Crippen LogP contribution is -2.38. The number of primary amides is 1. The van der Waals surface area contributed by atoms with Crippen molar-refractivity contribution in [1.82, 2.24) is 4.90 Å². The predicted molar refractivity (Wildman–Crippen MR) is 60.3 cm³/mol. The summed E-state index contributed by atoms with van der Waals surface area (Å²) in [7, 11) is 0. The Balaban J connectivity index is 2.12. The maximum atomic E-state index is 11.0. The van der Waals surface area contributed by atoms with Gasteiger partial charge in [-0.25, -0.2) is 0 Å². The van der Waals surface area contributed by atoms with E-state index in [2.05, 4.69) is 25.7 Å². The minimum Gasteiger partial charge on any atom is -0.369 e. The van der Waals surface area contributed by atoms with Crippen LogP contribution in [0.2, 0.25) is 0 Å². The van der Waals surface area contributed by atoms with Crippen LogP contribution in [0.15, 0.2) is 0 Å². The summed E-state index contributed by atoms with van der Waals surface area (Å²) < 4.78 is 0. The summed E-state index contributed by atoms with van der Waals surface area (Å²) in [5.41, 5.74) is 6.11. The molecule has 0 aromatic carbocycles. The van der Waals surface area contributed by atoms with Crippen LogP contribution in [0.4, 0.5) is 0 Å². The first kappa shape index (κ1) is 10.9. The van der Waals surface area contributed by atoms with Gasteiger partial charge in [-0.05, 0) is 30.1 Å². The van der Waals surface area contributed by atoms with Gasteiger partial charge in [0.05, 0.1) is 6.54 Å². The van der Waals surface area contributed by atoms with E-state index in [-0.39, 0.29) is 5.91 Å². The molecule has 2 unspecified atom stereocenters. The number of amides is 1. The third kappa shape index (κ3) is 2.17. The van der Waals surface area contributed by atoms with E-state index in [0.717, 1.165) is 6.54 Å². The lowest BCUT2D eigenvalue weighted by molar-refractivity contribution is -0.119. The SMILES string of the molecule is CC1(C)CC2CC(C)(CN2CC(N)=O)C1. The molecule has 3 nitrogen and oxygen atoms in total. The molecule has 2 aliphatic rings. The molecule has 0 radical (unpaired) electrons. The highest BCUT2D eigenvalue weighted by molar-refractivity contribution is 5.76. The molecule has 0 aromatic heterocycles. The average Bonchev–Trinajstić information content (AvgIpc) is 2.17. The summed E-state index contributed by atoms with van der Waals surface area (Å²) in [5.74, 6) is -0.191. The van der Waals surface area contributed by atoms with E-state index in [1.54, 1.807) is 0 Å². The zero-order chi connectivity index (χ0) is 11.3. The smallest absolute Gasteiger partial charge is 0.231 e. The quantitative estimate of drug-likeness (QED) is 0.748. The first-order chi connectivity index (χ1) is 6.80. The third-order valence-electron chi connectivity index (χ3n) is 3.88. The van der Waals surface area contributed by atoms with Crippen molar-refractivity contribution in [3.05, 3.63) is 0 Å². The molecule has 2 fully saturated rings. The van der Waals surface area contributed by atoms with E-state index in [0.29, 0.717) is 23.4 Å². The van der Waals surface area contributed by atoms with Gasteiger partial charge in [0.1, 0.15) is 0 Å². The maximum absolute atomic E-state index is 11.0. The van der Waals surface area contributed by atoms with Gasteiger partial charge in [0, 0.05) is 12.6 Å². The maximum Gasteiger partial charge on any atom is 0.231 e. The summed E-state index contributed by atoms with van der Waals surface area (Å²) in [6.45, 7) is 8.51. The Hall–Kier alpha value is -0.570. The van der Waals surface area contributed by atoms with Crippen molar-refractivity contribution in [2.75, 3.05) is 13.1 Å². The summed E-state index contributed by atoms with van der Waals surface area (Å²) in [6.07, 6.45) is 3.71. The standard InChI is InChI=1S/C12H22N2O/c1-11(2)4-9-5-12(3,7-11)8-14(9)6-10(13)15/h9H,4-8H2,1-3H3,(H2,13,15). The fourth-order valence-corrected chi connectivity index (χ4v) is 3.96. The van der Waals surface area contributed by atoms with Gasteiger partial charge in [-0.2, -0.15) is 0 Å². The molecule has 1 aliphatic heterocycles. The normalized spacial score (nSPS) is 39.3. The van der Waals surface area contributed by atoms with E-state index in [9.17, 15) is 4.79 Å². The number of likely N-dealkylation sites (tertiary alicyclic amines) is 1. The minimum absolute atomic E-state index is 0.191. The Morgan fingerprint density at radius 1 is 1.40 bits per heavy atom. The van der Waals surface area contributed by atoms with Crippen LogP contribution in [0.5, 0.6) is 0 Å². The minimum atomic E-state index is -0.191. The van der Waals surface area contributed by atoms with E-state index < -0.39 is 0 Å². The summed E-state index contributed by atoms with van der Waals surface area (Å²) >= 11 is 0. The molecule has 1 amide bonds. The van der Waals surface area contributed by atoms with Gasteiger partial charge in [0.15, 0.2) is 0 Å². The second kappa shape index (κ2) is 3.21. The van der Waals surface area contributed by atoms with Crippen LogP contribution in [0.3, 0.4) is 0 Å². The van der Waals surface area contributed by atoms with Crippen molar-refractivity contribution >= 4 is 5.91 Å². The van der Waals surface area contributed by atoms with Crippen LogP contribution < -0.4 is 5.73 Å². The first-order valence-electron chi connectivity index (χ1n) is 5.82. The number of hydrogen-bond acceptors (Lipinski definition) is 2. The van der Waals surface area contributed by atoms with Crippen LogP contribution in [0.25, 0.3) is 0 Å². The number of nitrogens with two attached hydrogens (primary N) is 1. The zero-order valence-electron chi connectivity index (χ0n) is 10.0. The van der Waals surface area contributed by atoms with Crippen molar-refractivity contribution in [3.8, 4) is 0 Å². The molecule has 2 N–H and O–H groups in total. The fourth-order valence-electron chi connectivity index (χ4n) is 3.96. The Labute approximate surface area is 92.0 Å². The molecule has 3 heteroatoms. The second-order valence-corrected chi connectivity index (χ2v) is 6.59. The van der Waals surface area contributed by atoms with Crippen molar-refractivity contribution in [2.45, 2.75) is 46.1 Å². The fraction of sp³-hybridized carbons (Fsp3) is 0.917. The van der Waals surface area contributed by atoms with Crippen molar-refractivity contribution < 1.29 is 4.79 Å². The number of rotatable bonds is 2. The van der Waals surface area contributed by atoms with Gasteiger partial charge in [0.2, 0.25) is 5.91 Å². The van der Waals surface area contributed by atoms with Gasteiger partial charge >= 0.3 is 0 Å². The van der Waals surface area contributed by atoms with Gasteiger partial charge in [0.25, 0.3) is 0 Å². The van der Waals surface area contributed by atoms with Crippen LogP contribution in [0.1, 0.15) is 40.0 Å². The largest absolute Gasteiger partial charge is 0.369 e. The van der Waals surface area contributed by atoms with E-state index >= 15 is 0 Å². The molecule has 1 saturated heterocycles. The van der Waals surface area contributed by atoms with Gasteiger partial charge in [-0.3, -0.25) is 9.69 Å². The Morgan fingerprint density at radius 3 is 2.67 bits per heavy atom. The Bertz CT molecular complexity index is 287. The topological polar surface area (TPSA) is 46.3 Å². The second-order valence-electron chi connectivity index (χ2n) is 6.59. The van der Waals surface area contributed by atoms with Crippen LogP contribution in [0, 0.1) is 10.8 Å². The number of carbonyl (C=O) groups excluding carboxylic acids is 1. The highest BCUT2D eigenvalue weighted by Gasteiger charge is 2.49. The molecular formula is C12H22N2O. The average molecular weight is 210 g/mol. The number of nitrogens with zero attached hydrogens (tertiary/aromatic N) is 1. The van der Waals surface area contributed by atoms with Crippen LogP contribution in [-0.2, 0) is 4.79 Å². The summed E-state index contributed by atoms with van der Waals surface area (Å²) in [4.78, 5) is 13.3. The molecule has 15 heavy (non-hydrogen) atoms. The van der Waals surface area contributed by atoms with E-state index in [1.807, 2.05) is 0 Å². The molecule has 86 valence electrons. The molecule has 0 spiro atoms. The molecule has 2 atom stereocenters. The molecular weight excluding hydrogens is 188 g/mol. The lowest BCUT2D eigenvalue weighted by Gasteiger charge is -2.39. The first-order valence-corrected chi connectivity index (χ1v) is 5.82. The van der Waals surface area contributed by atoms with Gasteiger partial charge in [-0.15, -0.1) is 0 Å². The van der Waals surface area contributed by atoms with Crippen molar-refractivity contribution in [1.29, 1.82) is 0 Å². The molecule has 1 aliphatic carbocycles. The van der Waals surface area contributed by atoms with E-state index in [4.69, 9.17) is 5.73 Å². The number of fused-ring (bicyclic) bond motifs is 2. The lowest BCUT2D eigenvalue weighted by atomic mass is 9.65. The molecule has 2 bridgehead atoms. The molecule has 2 rings (SSSR count). The number of hydrogen-bond donors (Lipinski definition) is 1. The Morgan fingerprint density at radius 2 is 2.07 bits per heavy atom. The summed E-state index contributed by atoms with van der Waals surface area (Å²) in [6, 6.07) is 0.575. The molecule has 1 heterocycles. The highest BCUT2D eigenvalue weighted by Crippen LogP contribution is 2.52.